The number of rotatable bonds is 11. The van der Waals surface area contributed by atoms with Crippen LogP contribution in [0.4, 0.5) is 11.5 Å². The molecule has 0 unspecified atom stereocenters. The van der Waals surface area contributed by atoms with Gasteiger partial charge in [0.1, 0.15) is 5.75 Å². The Labute approximate surface area is 198 Å². The number of carbonyl (C=O) groups is 1. The molecule has 3 rings (SSSR count). The summed E-state index contributed by atoms with van der Waals surface area (Å²) in [4.78, 5) is 20.0. The van der Waals surface area contributed by atoms with E-state index in [2.05, 4.69) is 26.9 Å². The lowest BCUT2D eigenvalue weighted by atomic mass is 10.1. The van der Waals surface area contributed by atoms with Crippen LogP contribution in [0.15, 0.2) is 59.5 Å². The second kappa shape index (κ2) is 11.3. The largest absolute Gasteiger partial charge is 0.484 e. The standard InChI is InChI=1S/C23H26N4O6S/c1-4-5-16-6-10-18(11-7-16)33-15-21(28)24-17-8-12-19(13-9-17)34(29,30)27-20-14-22(31-2)26-23(25-20)32-3/h6-14H,4-5,15H2,1-3H3,(H,24,28)(H,25,26,27). The van der Waals surface area contributed by atoms with Gasteiger partial charge in [-0.25, -0.2) is 8.42 Å². The van der Waals surface area contributed by atoms with Crippen molar-refractivity contribution in [2.45, 2.75) is 24.7 Å². The predicted octanol–water partition coefficient (Wildman–Crippen LogP) is 3.26. The average Bonchev–Trinajstić information content (AvgIpc) is 2.83. The van der Waals surface area contributed by atoms with Gasteiger partial charge in [-0.05, 0) is 48.4 Å². The van der Waals surface area contributed by atoms with Gasteiger partial charge in [-0.15, -0.1) is 0 Å². The summed E-state index contributed by atoms with van der Waals surface area (Å²) in [5.41, 5.74) is 1.64. The molecule has 10 nitrogen and oxygen atoms in total. The Hall–Kier alpha value is -3.86. The van der Waals surface area contributed by atoms with Gasteiger partial charge in [0.05, 0.1) is 19.1 Å². The Morgan fingerprint density at radius 3 is 2.29 bits per heavy atom. The SMILES string of the molecule is CCCc1ccc(OCC(=O)Nc2ccc(S(=O)(=O)Nc3cc(OC)nc(OC)n3)cc2)cc1. The van der Waals surface area contributed by atoms with E-state index in [0.717, 1.165) is 12.8 Å². The fourth-order valence-electron chi connectivity index (χ4n) is 2.95. The third-order valence-corrected chi connectivity index (χ3v) is 5.96. The Morgan fingerprint density at radius 1 is 0.971 bits per heavy atom. The lowest BCUT2D eigenvalue weighted by Crippen LogP contribution is -2.20. The van der Waals surface area contributed by atoms with Gasteiger partial charge >= 0.3 is 6.01 Å². The lowest BCUT2D eigenvalue weighted by molar-refractivity contribution is -0.118. The van der Waals surface area contributed by atoms with Gasteiger partial charge in [-0.3, -0.25) is 9.52 Å². The van der Waals surface area contributed by atoms with Gasteiger partial charge in [-0.1, -0.05) is 25.5 Å². The van der Waals surface area contributed by atoms with Crippen molar-refractivity contribution in [2.75, 3.05) is 30.9 Å². The zero-order valence-electron chi connectivity index (χ0n) is 19.1. The van der Waals surface area contributed by atoms with Gasteiger partial charge < -0.3 is 19.5 Å². The monoisotopic (exact) mass is 486 g/mol. The topological polar surface area (TPSA) is 129 Å². The summed E-state index contributed by atoms with van der Waals surface area (Å²) in [6.45, 7) is 1.94. The van der Waals surface area contributed by atoms with Gasteiger partial charge in [-0.2, -0.15) is 9.97 Å². The highest BCUT2D eigenvalue weighted by atomic mass is 32.2. The molecule has 0 atom stereocenters. The number of benzene rings is 2. The van der Waals surface area contributed by atoms with E-state index in [1.165, 1.54) is 50.1 Å². The number of aryl methyl sites for hydroxylation is 1. The quantitative estimate of drug-likeness (QED) is 0.423. The second-order valence-corrected chi connectivity index (χ2v) is 8.83. The van der Waals surface area contributed by atoms with Crippen molar-refractivity contribution in [1.82, 2.24) is 9.97 Å². The van der Waals surface area contributed by atoms with Gasteiger partial charge in [0, 0.05) is 11.8 Å². The number of aromatic nitrogens is 2. The number of nitrogens with zero attached hydrogens (tertiary/aromatic N) is 2. The minimum absolute atomic E-state index is 0.0130. The molecule has 2 N–H and O–H groups in total. The van der Waals surface area contributed by atoms with Crippen LogP contribution in [0.5, 0.6) is 17.6 Å². The highest BCUT2D eigenvalue weighted by Crippen LogP contribution is 2.21. The highest BCUT2D eigenvalue weighted by Gasteiger charge is 2.17. The molecule has 0 bridgehead atoms. The van der Waals surface area contributed by atoms with E-state index in [1.54, 1.807) is 0 Å². The van der Waals surface area contributed by atoms with E-state index in [4.69, 9.17) is 14.2 Å². The van der Waals surface area contributed by atoms with Crippen LogP contribution in [0.1, 0.15) is 18.9 Å². The number of sulfonamides is 1. The maximum Gasteiger partial charge on any atom is 0.321 e. The maximum atomic E-state index is 12.7. The third kappa shape index (κ3) is 6.82. The molecule has 0 fully saturated rings. The first-order chi connectivity index (χ1) is 16.3. The molecule has 34 heavy (non-hydrogen) atoms. The minimum Gasteiger partial charge on any atom is -0.484 e. The summed E-state index contributed by atoms with van der Waals surface area (Å²) in [5, 5.41) is 2.67. The summed E-state index contributed by atoms with van der Waals surface area (Å²) < 4.78 is 43.2. The lowest BCUT2D eigenvalue weighted by Gasteiger charge is -2.11. The van der Waals surface area contributed by atoms with Crippen LogP contribution in [-0.4, -0.2) is 45.1 Å². The van der Waals surface area contributed by atoms with Crippen LogP contribution in [-0.2, 0) is 21.2 Å². The Balaban J connectivity index is 1.59. The summed E-state index contributed by atoms with van der Waals surface area (Å²) >= 11 is 0. The van der Waals surface area contributed by atoms with Crippen molar-refractivity contribution in [3.05, 3.63) is 60.2 Å². The van der Waals surface area contributed by atoms with E-state index in [1.807, 2.05) is 24.3 Å². The number of hydrogen-bond acceptors (Lipinski definition) is 8. The molecule has 0 aliphatic heterocycles. The van der Waals surface area contributed by atoms with Crippen molar-refractivity contribution < 1.29 is 27.4 Å². The molecule has 1 amide bonds. The zero-order chi connectivity index (χ0) is 24.6. The van der Waals surface area contributed by atoms with E-state index < -0.39 is 10.0 Å². The number of hydrogen-bond donors (Lipinski definition) is 2. The minimum atomic E-state index is -3.95. The zero-order valence-corrected chi connectivity index (χ0v) is 19.9. The van der Waals surface area contributed by atoms with Crippen LogP contribution in [0.25, 0.3) is 0 Å². The molecule has 180 valence electrons. The number of amides is 1. The predicted molar refractivity (Wildman–Crippen MR) is 127 cm³/mol. The van der Waals surface area contributed by atoms with Crippen LogP contribution in [0.2, 0.25) is 0 Å². The summed E-state index contributed by atoms with van der Waals surface area (Å²) in [6, 6.07) is 14.6. The average molecular weight is 487 g/mol. The van der Waals surface area contributed by atoms with Crippen LogP contribution in [0, 0.1) is 0 Å². The number of anilines is 2. The molecule has 0 saturated heterocycles. The summed E-state index contributed by atoms with van der Waals surface area (Å²) in [6.07, 6.45) is 2.05. The third-order valence-electron chi connectivity index (χ3n) is 4.59. The second-order valence-electron chi connectivity index (χ2n) is 7.14. The first-order valence-electron chi connectivity index (χ1n) is 10.4. The van der Waals surface area contributed by atoms with Crippen molar-refractivity contribution in [3.8, 4) is 17.6 Å². The molecule has 0 radical (unpaired) electrons. The van der Waals surface area contributed by atoms with E-state index in [-0.39, 0.29) is 35.1 Å². The molecule has 0 aliphatic carbocycles. The van der Waals surface area contributed by atoms with Crippen molar-refractivity contribution in [3.63, 3.8) is 0 Å². The fourth-order valence-corrected chi connectivity index (χ4v) is 3.95. The Morgan fingerprint density at radius 2 is 1.68 bits per heavy atom. The normalized spacial score (nSPS) is 10.9. The molecular formula is C23H26N4O6S. The van der Waals surface area contributed by atoms with Gasteiger partial charge in [0.25, 0.3) is 15.9 Å². The highest BCUT2D eigenvalue weighted by molar-refractivity contribution is 7.92. The number of methoxy groups -OCH3 is 2. The maximum absolute atomic E-state index is 12.7. The smallest absolute Gasteiger partial charge is 0.321 e. The first-order valence-corrected chi connectivity index (χ1v) is 11.9. The van der Waals surface area contributed by atoms with Crippen LogP contribution >= 0.6 is 0 Å². The molecular weight excluding hydrogens is 460 g/mol. The molecule has 0 aliphatic rings. The summed E-state index contributed by atoms with van der Waals surface area (Å²) in [7, 11) is -1.21. The van der Waals surface area contributed by atoms with Crippen LogP contribution in [0.3, 0.4) is 0 Å². The van der Waals surface area contributed by atoms with Gasteiger partial charge in [0.2, 0.25) is 5.88 Å². The van der Waals surface area contributed by atoms with Crippen molar-refractivity contribution in [2.24, 2.45) is 0 Å². The van der Waals surface area contributed by atoms with Crippen molar-refractivity contribution in [1.29, 1.82) is 0 Å². The Kier molecular flexibility index (Phi) is 8.25. The fraction of sp³-hybridized carbons (Fsp3) is 0.261. The van der Waals surface area contributed by atoms with E-state index >= 15 is 0 Å². The molecule has 0 saturated carbocycles. The molecule has 0 spiro atoms. The first kappa shape index (κ1) is 24.8. The molecule has 11 heteroatoms. The van der Waals surface area contributed by atoms with Crippen molar-refractivity contribution >= 4 is 27.4 Å². The van der Waals surface area contributed by atoms with Gasteiger partial charge in [0.15, 0.2) is 12.4 Å². The van der Waals surface area contributed by atoms with Crippen LogP contribution < -0.4 is 24.2 Å². The Bertz CT molecular complexity index is 1190. The molecule has 1 aromatic heterocycles. The number of ether oxygens (including phenoxy) is 3. The summed E-state index contributed by atoms with van der Waals surface area (Å²) in [5.74, 6) is 0.356. The van der Waals surface area contributed by atoms with E-state index in [9.17, 15) is 13.2 Å². The number of carbonyl (C=O) groups excluding carboxylic acids is 1. The molecule has 3 aromatic rings. The number of nitrogens with one attached hydrogen (secondary N) is 2. The molecule has 2 aromatic carbocycles. The van der Waals surface area contributed by atoms with E-state index in [0.29, 0.717) is 11.4 Å². The molecule has 1 heterocycles.